The molecule has 0 aliphatic carbocycles. The number of benzene rings is 1. The van der Waals surface area contributed by atoms with Gasteiger partial charge in [0.15, 0.2) is 0 Å². The highest BCUT2D eigenvalue weighted by Crippen LogP contribution is 2.42. The fraction of sp³-hybridized carbons (Fsp3) is 0.476. The van der Waals surface area contributed by atoms with Crippen molar-refractivity contribution in [3.8, 4) is 0 Å². The normalized spacial score (nSPS) is 23.4. The van der Waals surface area contributed by atoms with Crippen LogP contribution in [0.5, 0.6) is 0 Å². The number of rotatable bonds is 6. The molecular weight excluding hydrogens is 428 g/mol. The van der Waals surface area contributed by atoms with E-state index in [2.05, 4.69) is 4.99 Å². The molecule has 1 fully saturated rings. The summed E-state index contributed by atoms with van der Waals surface area (Å²) in [6.07, 6.45) is 1.51. The second kappa shape index (κ2) is 9.57. The Bertz CT molecular complexity index is 966. The summed E-state index contributed by atoms with van der Waals surface area (Å²) >= 11 is 5.96. The summed E-state index contributed by atoms with van der Waals surface area (Å²) in [7, 11) is 1.23. The van der Waals surface area contributed by atoms with Crippen LogP contribution in [0.3, 0.4) is 0 Å². The molecule has 3 rings (SSSR count). The van der Waals surface area contributed by atoms with E-state index < -0.39 is 28.7 Å². The molecule has 0 N–H and O–H groups in total. The molecule has 1 aromatic rings. The van der Waals surface area contributed by atoms with Crippen molar-refractivity contribution in [3.63, 3.8) is 0 Å². The fourth-order valence-corrected chi connectivity index (χ4v) is 4.17. The van der Waals surface area contributed by atoms with Gasteiger partial charge in [0, 0.05) is 30.0 Å². The fourth-order valence-electron chi connectivity index (χ4n) is 3.98. The first-order valence-electron chi connectivity index (χ1n) is 9.81. The molecule has 10 heteroatoms. The van der Waals surface area contributed by atoms with Gasteiger partial charge in [-0.3, -0.25) is 19.9 Å². The Balaban J connectivity index is 2.05. The molecule has 0 bridgehead atoms. The van der Waals surface area contributed by atoms with E-state index >= 15 is 0 Å². The number of carbonyl (C=O) groups is 2. The Morgan fingerprint density at radius 1 is 1.35 bits per heavy atom. The maximum Gasteiger partial charge on any atom is 0.336 e. The van der Waals surface area contributed by atoms with Gasteiger partial charge in [-0.1, -0.05) is 17.7 Å². The van der Waals surface area contributed by atoms with Crippen LogP contribution in [0.4, 0.5) is 5.69 Å². The maximum absolute atomic E-state index is 13.1. The van der Waals surface area contributed by atoms with E-state index in [0.29, 0.717) is 23.6 Å². The molecule has 3 atom stereocenters. The molecule has 166 valence electrons. The second-order valence-corrected chi connectivity index (χ2v) is 7.84. The highest BCUT2D eigenvalue weighted by atomic mass is 35.5. The summed E-state index contributed by atoms with van der Waals surface area (Å²) in [5.41, 5.74) is 0.993. The maximum atomic E-state index is 13.1. The molecule has 9 nitrogen and oxygen atoms in total. The van der Waals surface area contributed by atoms with Gasteiger partial charge in [-0.05, 0) is 38.3 Å². The smallest absolute Gasteiger partial charge is 0.336 e. The first-order chi connectivity index (χ1) is 14.7. The Kier molecular flexibility index (Phi) is 7.07. The molecule has 0 aromatic heterocycles. The predicted molar refractivity (Wildman–Crippen MR) is 112 cm³/mol. The van der Waals surface area contributed by atoms with Gasteiger partial charge in [0.05, 0.1) is 23.7 Å². The molecule has 1 unspecified atom stereocenters. The zero-order valence-electron chi connectivity index (χ0n) is 17.4. The average molecular weight is 451 g/mol. The molecule has 1 saturated heterocycles. The summed E-state index contributed by atoms with van der Waals surface area (Å²) in [6.45, 7) is 3.98. The number of hydrogen-bond donors (Lipinski definition) is 0. The van der Waals surface area contributed by atoms with Gasteiger partial charge in [-0.2, -0.15) is 0 Å². The van der Waals surface area contributed by atoms with Crippen molar-refractivity contribution in [2.24, 2.45) is 10.9 Å². The molecule has 0 spiro atoms. The average Bonchev–Trinajstić information content (AvgIpc) is 3.25. The first kappa shape index (κ1) is 22.9. The lowest BCUT2D eigenvalue weighted by Gasteiger charge is -2.31. The molecule has 31 heavy (non-hydrogen) atoms. The van der Waals surface area contributed by atoms with Crippen LogP contribution in [0.15, 0.2) is 34.5 Å². The molecule has 2 aliphatic rings. The summed E-state index contributed by atoms with van der Waals surface area (Å²) in [5.74, 6) is -3.08. The molecule has 0 amide bonds. The first-order valence-corrected chi connectivity index (χ1v) is 10.2. The van der Waals surface area contributed by atoms with E-state index in [9.17, 15) is 19.7 Å². The van der Waals surface area contributed by atoms with Crippen molar-refractivity contribution < 1.29 is 28.7 Å². The van der Waals surface area contributed by atoms with E-state index in [4.69, 9.17) is 25.8 Å². The van der Waals surface area contributed by atoms with Crippen LogP contribution in [0.1, 0.15) is 38.2 Å². The zero-order chi connectivity index (χ0) is 22.7. The Morgan fingerprint density at radius 3 is 2.71 bits per heavy atom. The Labute approximate surface area is 184 Å². The number of carbonyl (C=O) groups excluding carboxylic acids is 2. The summed E-state index contributed by atoms with van der Waals surface area (Å²) < 4.78 is 15.9. The van der Waals surface area contributed by atoms with Crippen LogP contribution >= 0.6 is 11.6 Å². The number of methoxy groups -OCH3 is 1. The molecule has 0 radical (unpaired) electrons. The number of nitro benzene ring substituents is 1. The summed E-state index contributed by atoms with van der Waals surface area (Å²) in [6, 6.07) is 4.19. The minimum Gasteiger partial charge on any atom is -0.468 e. The van der Waals surface area contributed by atoms with E-state index in [1.165, 1.54) is 19.2 Å². The number of allylic oxidation sites excluding steroid dienone is 1. The quantitative estimate of drug-likeness (QED) is 0.369. The van der Waals surface area contributed by atoms with Crippen molar-refractivity contribution in [2.75, 3.05) is 20.3 Å². The highest BCUT2D eigenvalue weighted by molar-refractivity contribution is 6.32. The van der Waals surface area contributed by atoms with Gasteiger partial charge >= 0.3 is 11.9 Å². The topological polar surface area (TPSA) is 117 Å². The van der Waals surface area contributed by atoms with Crippen LogP contribution in [-0.2, 0) is 23.8 Å². The monoisotopic (exact) mass is 450 g/mol. The third-order valence-corrected chi connectivity index (χ3v) is 5.77. The molecule has 0 saturated carbocycles. The van der Waals surface area contributed by atoms with Crippen LogP contribution in [0.25, 0.3) is 0 Å². The lowest BCUT2D eigenvalue weighted by Crippen LogP contribution is -2.36. The molecule has 1 aromatic carbocycles. The standard InChI is InChI=1S/C21H23ClN2O7/c1-11-17(20(25)29-3)19(13-6-7-15(22)16(9-13)24(27)28)18(12(2)23-11)21(26)31-10-14-5-4-8-30-14/h6-7,9,14,17,19H,4-5,8,10H2,1-3H3/t14-,17?,19-/m1/s1. The lowest BCUT2D eigenvalue weighted by molar-refractivity contribution is -0.384. The largest absolute Gasteiger partial charge is 0.468 e. The van der Waals surface area contributed by atoms with Gasteiger partial charge in [0.2, 0.25) is 0 Å². The van der Waals surface area contributed by atoms with Crippen LogP contribution < -0.4 is 0 Å². The van der Waals surface area contributed by atoms with Crippen LogP contribution in [0.2, 0.25) is 5.02 Å². The molecule has 2 heterocycles. The third kappa shape index (κ3) is 4.77. The van der Waals surface area contributed by atoms with Gasteiger partial charge in [0.25, 0.3) is 5.69 Å². The van der Waals surface area contributed by atoms with E-state index in [0.717, 1.165) is 12.8 Å². The number of ether oxygens (including phenoxy) is 3. The number of nitrogens with zero attached hydrogens (tertiary/aromatic N) is 2. The molecular formula is C21H23ClN2O7. The van der Waals surface area contributed by atoms with Crippen LogP contribution in [0, 0.1) is 16.0 Å². The lowest BCUT2D eigenvalue weighted by atomic mass is 9.75. The zero-order valence-corrected chi connectivity index (χ0v) is 18.2. The third-order valence-electron chi connectivity index (χ3n) is 5.45. The minimum absolute atomic E-state index is 0.0484. The SMILES string of the molecule is COC(=O)C1C(C)=NC(C)=C(C(=O)OC[C@H]2CCCO2)[C@@H]1c1ccc(Cl)c([N+](=O)[O-])c1. The van der Waals surface area contributed by atoms with Gasteiger partial charge in [0.1, 0.15) is 17.5 Å². The Morgan fingerprint density at radius 2 is 2.10 bits per heavy atom. The molecule has 2 aliphatic heterocycles. The summed E-state index contributed by atoms with van der Waals surface area (Å²) in [4.78, 5) is 40.9. The van der Waals surface area contributed by atoms with Crippen molar-refractivity contribution in [1.82, 2.24) is 0 Å². The minimum atomic E-state index is -0.945. The van der Waals surface area contributed by atoms with Crippen molar-refractivity contribution in [3.05, 3.63) is 50.2 Å². The number of esters is 2. The van der Waals surface area contributed by atoms with Crippen molar-refractivity contribution in [1.29, 1.82) is 0 Å². The van der Waals surface area contributed by atoms with Crippen molar-refractivity contribution >= 4 is 34.9 Å². The highest BCUT2D eigenvalue weighted by Gasteiger charge is 2.43. The van der Waals surface area contributed by atoms with Gasteiger partial charge in [-0.15, -0.1) is 0 Å². The van der Waals surface area contributed by atoms with Crippen LogP contribution in [-0.4, -0.2) is 49.0 Å². The van der Waals surface area contributed by atoms with Gasteiger partial charge < -0.3 is 14.2 Å². The van der Waals surface area contributed by atoms with Crippen molar-refractivity contribution in [2.45, 2.75) is 38.7 Å². The number of halogens is 1. The summed E-state index contributed by atoms with van der Waals surface area (Å²) in [5, 5.41) is 11.4. The van der Waals surface area contributed by atoms with E-state index in [-0.39, 0.29) is 29.0 Å². The van der Waals surface area contributed by atoms with Gasteiger partial charge in [-0.25, -0.2) is 4.79 Å². The Hall–Kier alpha value is -2.78. The van der Waals surface area contributed by atoms with E-state index in [1.54, 1.807) is 19.9 Å². The predicted octanol–water partition coefficient (Wildman–Crippen LogP) is 3.59. The van der Waals surface area contributed by atoms with E-state index in [1.807, 2.05) is 0 Å². The number of hydrogen-bond acceptors (Lipinski definition) is 8. The number of nitro groups is 1. The number of aliphatic imine (C=N–C) groups is 1. The second-order valence-electron chi connectivity index (χ2n) is 7.43.